The van der Waals surface area contributed by atoms with Crippen molar-refractivity contribution in [2.45, 2.75) is 77.1 Å². The van der Waals surface area contributed by atoms with E-state index in [0.29, 0.717) is 38.0 Å². The van der Waals surface area contributed by atoms with Crippen LogP contribution < -0.4 is 4.90 Å². The minimum absolute atomic E-state index is 0.0584. The molecule has 0 aliphatic carbocycles. The third-order valence-electron chi connectivity index (χ3n) is 8.53. The van der Waals surface area contributed by atoms with Crippen LogP contribution in [0, 0.1) is 0 Å². The van der Waals surface area contributed by atoms with Crippen molar-refractivity contribution in [2.24, 2.45) is 0 Å². The van der Waals surface area contributed by atoms with Crippen LogP contribution in [0.1, 0.15) is 55.9 Å². The molecule has 0 spiro atoms. The van der Waals surface area contributed by atoms with Gasteiger partial charge in [0.1, 0.15) is 11.6 Å². The van der Waals surface area contributed by atoms with Gasteiger partial charge in [-0.25, -0.2) is 4.79 Å². The lowest BCUT2D eigenvalue weighted by molar-refractivity contribution is -0.147. The van der Waals surface area contributed by atoms with Crippen LogP contribution in [0.25, 0.3) is 0 Å². The van der Waals surface area contributed by atoms with Crippen molar-refractivity contribution < 1.29 is 28.7 Å². The largest absolute Gasteiger partial charge is 0.469 e. The number of fused-ring (bicyclic) bond motifs is 2. The SMILES string of the molecule is COC(=O)C[C@H]1Cc2ccccc2CN1C(=O)CN(CCCc1ccccc1)C(=O)[C@H]1Cc2ccccc2N1C(=O)OC(C)(C)C. The zero-order valence-corrected chi connectivity index (χ0v) is 27.1. The van der Waals surface area contributed by atoms with Gasteiger partial charge in [0.05, 0.1) is 25.8 Å². The number of methoxy groups -OCH3 is 1. The molecule has 9 nitrogen and oxygen atoms in total. The Kier molecular flexibility index (Phi) is 10.1. The molecule has 0 N–H and O–H groups in total. The van der Waals surface area contributed by atoms with Crippen LogP contribution in [0.4, 0.5) is 10.5 Å². The van der Waals surface area contributed by atoms with E-state index in [1.54, 1.807) is 30.6 Å². The summed E-state index contributed by atoms with van der Waals surface area (Å²) in [5.74, 6) is -0.962. The first-order valence-corrected chi connectivity index (χ1v) is 15.9. The maximum Gasteiger partial charge on any atom is 0.415 e. The first-order chi connectivity index (χ1) is 22.0. The molecule has 0 aromatic heterocycles. The highest BCUT2D eigenvalue weighted by Gasteiger charge is 2.43. The van der Waals surface area contributed by atoms with E-state index >= 15 is 0 Å². The smallest absolute Gasteiger partial charge is 0.415 e. The number of nitrogens with zero attached hydrogens (tertiary/aromatic N) is 3. The highest BCUT2D eigenvalue weighted by atomic mass is 16.6. The average molecular weight is 626 g/mol. The molecule has 0 bridgehead atoms. The van der Waals surface area contributed by atoms with Crippen LogP contribution in [0.2, 0.25) is 0 Å². The Labute approximate surface area is 271 Å². The van der Waals surface area contributed by atoms with Crippen LogP contribution in [-0.4, -0.2) is 71.6 Å². The van der Waals surface area contributed by atoms with Gasteiger partial charge in [0.2, 0.25) is 11.8 Å². The minimum Gasteiger partial charge on any atom is -0.469 e. The van der Waals surface area contributed by atoms with Crippen molar-refractivity contribution in [2.75, 3.05) is 25.1 Å². The van der Waals surface area contributed by atoms with E-state index < -0.39 is 29.7 Å². The number of esters is 1. The second kappa shape index (κ2) is 14.2. The molecule has 0 saturated carbocycles. The van der Waals surface area contributed by atoms with Crippen molar-refractivity contribution in [3.05, 3.63) is 101 Å². The monoisotopic (exact) mass is 625 g/mol. The third kappa shape index (κ3) is 7.76. The Morgan fingerprint density at radius 1 is 0.848 bits per heavy atom. The second-order valence-electron chi connectivity index (χ2n) is 13.0. The van der Waals surface area contributed by atoms with Gasteiger partial charge in [0, 0.05) is 25.6 Å². The number of benzene rings is 3. The average Bonchev–Trinajstić information content (AvgIpc) is 3.43. The number of carbonyl (C=O) groups excluding carboxylic acids is 4. The normalized spacial score (nSPS) is 17.1. The van der Waals surface area contributed by atoms with Gasteiger partial charge >= 0.3 is 12.1 Å². The van der Waals surface area contributed by atoms with Crippen LogP contribution >= 0.6 is 0 Å². The number of ether oxygens (including phenoxy) is 2. The third-order valence-corrected chi connectivity index (χ3v) is 8.53. The first kappa shape index (κ1) is 32.7. The molecule has 0 fully saturated rings. The maximum absolute atomic E-state index is 14.5. The van der Waals surface area contributed by atoms with E-state index in [1.807, 2.05) is 78.9 Å². The molecule has 0 unspecified atom stereocenters. The molecule has 3 aromatic rings. The first-order valence-electron chi connectivity index (χ1n) is 15.9. The molecule has 3 amide bonds. The van der Waals surface area contributed by atoms with Gasteiger partial charge in [-0.3, -0.25) is 19.3 Å². The molecule has 9 heteroatoms. The van der Waals surface area contributed by atoms with Gasteiger partial charge in [0.25, 0.3) is 0 Å². The molecule has 2 atom stereocenters. The van der Waals surface area contributed by atoms with Crippen molar-refractivity contribution in [1.29, 1.82) is 0 Å². The fraction of sp³-hybridized carbons (Fsp3) is 0.405. The number of amides is 3. The van der Waals surface area contributed by atoms with E-state index in [1.165, 1.54) is 12.0 Å². The van der Waals surface area contributed by atoms with Crippen molar-refractivity contribution in [3.63, 3.8) is 0 Å². The van der Waals surface area contributed by atoms with Gasteiger partial charge in [-0.15, -0.1) is 0 Å². The number of anilines is 1. The van der Waals surface area contributed by atoms with Gasteiger partial charge in [-0.2, -0.15) is 0 Å². The predicted octanol–water partition coefficient (Wildman–Crippen LogP) is 5.33. The van der Waals surface area contributed by atoms with Crippen LogP contribution in [0.15, 0.2) is 78.9 Å². The van der Waals surface area contributed by atoms with Gasteiger partial charge in [-0.1, -0.05) is 72.8 Å². The number of aryl methyl sites for hydroxylation is 1. The molecule has 2 aliphatic rings. The second-order valence-corrected chi connectivity index (χ2v) is 13.0. The summed E-state index contributed by atoms with van der Waals surface area (Å²) in [6.45, 7) is 5.85. The Balaban J connectivity index is 1.42. The van der Waals surface area contributed by atoms with Crippen molar-refractivity contribution in [3.8, 4) is 0 Å². The summed E-state index contributed by atoms with van der Waals surface area (Å²) in [7, 11) is 1.34. The van der Waals surface area contributed by atoms with Crippen LogP contribution in [0.5, 0.6) is 0 Å². The molecule has 2 aliphatic heterocycles. The lowest BCUT2D eigenvalue weighted by Gasteiger charge is -2.38. The Hall–Kier alpha value is -4.66. The fourth-order valence-electron chi connectivity index (χ4n) is 6.31. The number of rotatable bonds is 9. The summed E-state index contributed by atoms with van der Waals surface area (Å²) < 4.78 is 10.7. The molecule has 2 heterocycles. The zero-order valence-electron chi connectivity index (χ0n) is 27.1. The highest BCUT2D eigenvalue weighted by Crippen LogP contribution is 2.34. The summed E-state index contributed by atoms with van der Waals surface area (Å²) in [5.41, 5.74) is 3.99. The Morgan fingerprint density at radius 2 is 1.50 bits per heavy atom. The summed E-state index contributed by atoms with van der Waals surface area (Å²) in [6, 6.07) is 24.1. The van der Waals surface area contributed by atoms with Gasteiger partial charge < -0.3 is 19.3 Å². The molecule has 0 radical (unpaired) electrons. The van der Waals surface area contributed by atoms with Crippen molar-refractivity contribution >= 4 is 29.6 Å². The molecule has 3 aromatic carbocycles. The predicted molar refractivity (Wildman–Crippen MR) is 175 cm³/mol. The molecular weight excluding hydrogens is 582 g/mol. The number of para-hydroxylation sites is 1. The topological polar surface area (TPSA) is 96.5 Å². The van der Waals surface area contributed by atoms with Crippen LogP contribution in [0.3, 0.4) is 0 Å². The van der Waals surface area contributed by atoms with Gasteiger partial charge in [-0.05, 0) is 68.4 Å². The van der Waals surface area contributed by atoms with E-state index in [2.05, 4.69) is 0 Å². The van der Waals surface area contributed by atoms with Gasteiger partial charge in [0.15, 0.2) is 0 Å². The Bertz CT molecular complexity index is 1570. The maximum atomic E-state index is 14.5. The summed E-state index contributed by atoms with van der Waals surface area (Å²) >= 11 is 0. The molecule has 242 valence electrons. The number of hydrogen-bond acceptors (Lipinski definition) is 6. The Morgan fingerprint density at radius 3 is 2.20 bits per heavy atom. The van der Waals surface area contributed by atoms with E-state index in [4.69, 9.17) is 9.47 Å². The minimum atomic E-state index is -0.857. The lowest BCUT2D eigenvalue weighted by atomic mass is 9.92. The highest BCUT2D eigenvalue weighted by molar-refractivity contribution is 6.01. The molecular formula is C37H43N3O6. The molecule has 5 rings (SSSR count). The summed E-state index contributed by atoms with van der Waals surface area (Å²) in [5, 5.41) is 0. The number of hydrogen-bond donors (Lipinski definition) is 0. The summed E-state index contributed by atoms with van der Waals surface area (Å²) in [6.07, 6.45) is 1.65. The van der Waals surface area contributed by atoms with Crippen LogP contribution in [-0.2, 0) is 49.7 Å². The molecule has 46 heavy (non-hydrogen) atoms. The lowest BCUT2D eigenvalue weighted by Crippen LogP contribution is -2.55. The summed E-state index contributed by atoms with van der Waals surface area (Å²) in [4.78, 5) is 59.3. The zero-order chi connectivity index (χ0) is 32.8. The quantitative estimate of drug-likeness (QED) is 0.298. The standard InChI is InChI=1S/C37H43N3O6/c1-37(2,3)46-36(44)40-31-19-11-10-17-28(31)22-32(40)35(43)38(20-12-15-26-13-6-5-7-14-26)25-33(41)39-24-29-18-9-8-16-27(29)21-30(39)23-34(42)45-4/h5-11,13-14,16-19,30,32H,12,15,20-25H2,1-4H3/t30-,32-/m1/s1. The van der Waals surface area contributed by atoms with E-state index in [-0.39, 0.29) is 24.8 Å². The van der Waals surface area contributed by atoms with Crippen molar-refractivity contribution in [1.82, 2.24) is 9.80 Å². The van der Waals surface area contributed by atoms with E-state index in [9.17, 15) is 19.2 Å². The molecule has 0 saturated heterocycles. The fourth-order valence-corrected chi connectivity index (χ4v) is 6.31. The van der Waals surface area contributed by atoms with E-state index in [0.717, 1.165) is 28.7 Å². The number of carbonyl (C=O) groups is 4.